The summed E-state index contributed by atoms with van der Waals surface area (Å²) < 4.78 is 13.8. The molecule has 0 amide bonds. The SMILES string of the molecule is CC(C)N1c2cccc(F)c2CC1CC(C)(C)O. The van der Waals surface area contributed by atoms with Crippen LogP contribution in [0, 0.1) is 5.82 Å². The van der Waals surface area contributed by atoms with Crippen LogP contribution in [-0.4, -0.2) is 22.8 Å². The van der Waals surface area contributed by atoms with E-state index >= 15 is 0 Å². The highest BCUT2D eigenvalue weighted by atomic mass is 19.1. The Kier molecular flexibility index (Phi) is 3.37. The largest absolute Gasteiger partial charge is 0.390 e. The monoisotopic (exact) mass is 251 g/mol. The van der Waals surface area contributed by atoms with Crippen molar-refractivity contribution in [1.82, 2.24) is 0 Å². The molecule has 0 saturated carbocycles. The Labute approximate surface area is 108 Å². The molecule has 2 nitrogen and oxygen atoms in total. The van der Waals surface area contributed by atoms with Gasteiger partial charge in [-0.3, -0.25) is 0 Å². The number of halogens is 1. The number of nitrogens with zero attached hydrogens (tertiary/aromatic N) is 1. The van der Waals surface area contributed by atoms with Crippen molar-refractivity contribution in [3.63, 3.8) is 0 Å². The predicted molar refractivity (Wildman–Crippen MR) is 72.4 cm³/mol. The number of rotatable bonds is 3. The number of hydrogen-bond acceptors (Lipinski definition) is 2. The van der Waals surface area contributed by atoms with Gasteiger partial charge < -0.3 is 10.0 Å². The van der Waals surface area contributed by atoms with Crippen LogP contribution in [0.1, 0.15) is 39.7 Å². The molecule has 0 fully saturated rings. The molecular formula is C15H22FNO. The Morgan fingerprint density at radius 1 is 1.44 bits per heavy atom. The molecule has 1 unspecified atom stereocenters. The minimum atomic E-state index is -0.726. The van der Waals surface area contributed by atoms with Crippen molar-refractivity contribution in [3.05, 3.63) is 29.6 Å². The zero-order valence-corrected chi connectivity index (χ0v) is 11.6. The van der Waals surface area contributed by atoms with E-state index in [1.165, 1.54) is 6.07 Å². The molecule has 100 valence electrons. The molecule has 1 heterocycles. The Morgan fingerprint density at radius 3 is 2.67 bits per heavy atom. The number of anilines is 1. The van der Waals surface area contributed by atoms with Crippen LogP contribution in [-0.2, 0) is 6.42 Å². The molecule has 1 N–H and O–H groups in total. The van der Waals surface area contributed by atoms with Crippen LogP contribution >= 0.6 is 0 Å². The third-order valence-corrected chi connectivity index (χ3v) is 3.50. The Morgan fingerprint density at radius 2 is 2.11 bits per heavy atom. The summed E-state index contributed by atoms with van der Waals surface area (Å²) in [6.07, 6.45) is 1.34. The summed E-state index contributed by atoms with van der Waals surface area (Å²) in [6.45, 7) is 7.84. The first kappa shape index (κ1) is 13.3. The second kappa shape index (κ2) is 4.54. The van der Waals surface area contributed by atoms with Gasteiger partial charge in [0.1, 0.15) is 5.82 Å². The Bertz CT molecular complexity index is 437. The second-order valence-electron chi connectivity index (χ2n) is 6.11. The van der Waals surface area contributed by atoms with Crippen LogP contribution < -0.4 is 4.90 Å². The topological polar surface area (TPSA) is 23.5 Å². The van der Waals surface area contributed by atoms with Crippen molar-refractivity contribution in [2.24, 2.45) is 0 Å². The van der Waals surface area contributed by atoms with E-state index in [4.69, 9.17) is 0 Å². The number of fused-ring (bicyclic) bond motifs is 1. The summed E-state index contributed by atoms with van der Waals surface area (Å²) in [7, 11) is 0. The van der Waals surface area contributed by atoms with Gasteiger partial charge in [-0.05, 0) is 52.7 Å². The van der Waals surface area contributed by atoms with Crippen LogP contribution in [0.3, 0.4) is 0 Å². The van der Waals surface area contributed by atoms with Gasteiger partial charge in [0.05, 0.1) is 5.60 Å². The summed E-state index contributed by atoms with van der Waals surface area (Å²) in [5.41, 5.74) is 1.05. The highest BCUT2D eigenvalue weighted by molar-refractivity contribution is 5.60. The van der Waals surface area contributed by atoms with E-state index in [2.05, 4.69) is 18.7 Å². The average Bonchev–Trinajstić information content (AvgIpc) is 2.54. The highest BCUT2D eigenvalue weighted by Gasteiger charge is 2.35. The standard InChI is InChI=1S/C15H22FNO/c1-10(2)17-11(9-15(3,4)18)8-12-13(16)6-5-7-14(12)17/h5-7,10-11,18H,8-9H2,1-4H3. The van der Waals surface area contributed by atoms with Crippen molar-refractivity contribution in [2.75, 3.05) is 4.90 Å². The van der Waals surface area contributed by atoms with E-state index in [0.29, 0.717) is 18.9 Å². The number of benzene rings is 1. The molecule has 0 aliphatic carbocycles. The Balaban J connectivity index is 2.34. The molecule has 1 aliphatic rings. The molecule has 2 rings (SSSR count). The summed E-state index contributed by atoms with van der Waals surface area (Å²) in [4.78, 5) is 2.23. The van der Waals surface area contributed by atoms with Gasteiger partial charge in [-0.25, -0.2) is 4.39 Å². The molecular weight excluding hydrogens is 229 g/mol. The van der Waals surface area contributed by atoms with E-state index in [9.17, 15) is 9.50 Å². The van der Waals surface area contributed by atoms with Gasteiger partial charge in [-0.1, -0.05) is 6.07 Å². The van der Waals surface area contributed by atoms with E-state index < -0.39 is 5.60 Å². The number of aliphatic hydroxyl groups is 1. The second-order valence-corrected chi connectivity index (χ2v) is 6.11. The van der Waals surface area contributed by atoms with Crippen LogP contribution in [0.5, 0.6) is 0 Å². The number of hydrogen-bond donors (Lipinski definition) is 1. The lowest BCUT2D eigenvalue weighted by Gasteiger charge is -2.34. The maximum atomic E-state index is 13.8. The fourth-order valence-corrected chi connectivity index (χ4v) is 2.97. The van der Waals surface area contributed by atoms with Gasteiger partial charge in [0, 0.05) is 23.3 Å². The fourth-order valence-electron chi connectivity index (χ4n) is 2.97. The highest BCUT2D eigenvalue weighted by Crippen LogP contribution is 2.38. The van der Waals surface area contributed by atoms with Gasteiger partial charge in [0.2, 0.25) is 0 Å². The third kappa shape index (κ3) is 2.51. The summed E-state index contributed by atoms with van der Waals surface area (Å²) in [6, 6.07) is 5.74. The van der Waals surface area contributed by atoms with Crippen molar-refractivity contribution >= 4 is 5.69 Å². The van der Waals surface area contributed by atoms with Gasteiger partial charge in [-0.15, -0.1) is 0 Å². The first-order valence-electron chi connectivity index (χ1n) is 6.57. The molecule has 1 atom stereocenters. The van der Waals surface area contributed by atoms with Crippen LogP contribution in [0.4, 0.5) is 10.1 Å². The zero-order valence-electron chi connectivity index (χ0n) is 11.6. The first-order chi connectivity index (χ1) is 8.29. The molecule has 1 aromatic rings. The normalized spacial score (nSPS) is 19.5. The molecule has 1 aliphatic heterocycles. The lowest BCUT2D eigenvalue weighted by atomic mass is 9.96. The quantitative estimate of drug-likeness (QED) is 0.892. The Hall–Kier alpha value is -1.09. The van der Waals surface area contributed by atoms with Gasteiger partial charge in [0.15, 0.2) is 0 Å². The smallest absolute Gasteiger partial charge is 0.128 e. The molecule has 0 spiro atoms. The zero-order chi connectivity index (χ0) is 13.5. The maximum absolute atomic E-state index is 13.8. The van der Waals surface area contributed by atoms with Crippen molar-refractivity contribution in [2.45, 2.75) is 58.2 Å². The predicted octanol–water partition coefficient (Wildman–Crippen LogP) is 3.13. The molecule has 1 aromatic carbocycles. The molecule has 0 saturated heterocycles. The minimum Gasteiger partial charge on any atom is -0.390 e. The maximum Gasteiger partial charge on any atom is 0.128 e. The van der Waals surface area contributed by atoms with Crippen molar-refractivity contribution in [3.8, 4) is 0 Å². The molecule has 3 heteroatoms. The van der Waals surface area contributed by atoms with Crippen molar-refractivity contribution < 1.29 is 9.50 Å². The lowest BCUT2D eigenvalue weighted by Crippen LogP contribution is -2.42. The van der Waals surface area contributed by atoms with Crippen LogP contribution in [0.15, 0.2) is 18.2 Å². The minimum absolute atomic E-state index is 0.128. The van der Waals surface area contributed by atoms with E-state index in [1.807, 2.05) is 19.9 Å². The van der Waals surface area contributed by atoms with Crippen molar-refractivity contribution in [1.29, 1.82) is 0 Å². The molecule has 0 aromatic heterocycles. The van der Waals surface area contributed by atoms with E-state index in [0.717, 1.165) is 11.3 Å². The molecule has 0 radical (unpaired) electrons. The molecule has 0 bridgehead atoms. The van der Waals surface area contributed by atoms with Crippen LogP contribution in [0.25, 0.3) is 0 Å². The van der Waals surface area contributed by atoms with Crippen LogP contribution in [0.2, 0.25) is 0 Å². The summed E-state index contributed by atoms with van der Waals surface area (Å²) in [5.74, 6) is -0.128. The lowest BCUT2D eigenvalue weighted by molar-refractivity contribution is 0.0629. The fraction of sp³-hybridized carbons (Fsp3) is 0.600. The van der Waals surface area contributed by atoms with Gasteiger partial charge in [-0.2, -0.15) is 0 Å². The average molecular weight is 251 g/mol. The molecule has 18 heavy (non-hydrogen) atoms. The van der Waals surface area contributed by atoms with Gasteiger partial charge in [0.25, 0.3) is 0 Å². The van der Waals surface area contributed by atoms with E-state index in [-0.39, 0.29) is 11.9 Å². The first-order valence-corrected chi connectivity index (χ1v) is 6.57. The summed E-state index contributed by atoms with van der Waals surface area (Å²) >= 11 is 0. The summed E-state index contributed by atoms with van der Waals surface area (Å²) in [5, 5.41) is 10.0. The third-order valence-electron chi connectivity index (χ3n) is 3.50. The van der Waals surface area contributed by atoms with E-state index in [1.54, 1.807) is 6.07 Å². The van der Waals surface area contributed by atoms with Gasteiger partial charge >= 0.3 is 0 Å².